The second-order valence-corrected chi connectivity index (χ2v) is 4.50. The van der Waals surface area contributed by atoms with Gasteiger partial charge in [0.1, 0.15) is 5.82 Å². The number of aromatic nitrogens is 2. The lowest BCUT2D eigenvalue weighted by atomic mass is 10.1. The second-order valence-electron chi connectivity index (χ2n) is 4.50. The average Bonchev–Trinajstić information content (AvgIpc) is 2.82. The van der Waals surface area contributed by atoms with Crippen LogP contribution in [-0.2, 0) is 13.2 Å². The number of alkyl halides is 3. The summed E-state index contributed by atoms with van der Waals surface area (Å²) in [4.78, 5) is 23.3. The predicted molar refractivity (Wildman–Crippen MR) is 71.1 cm³/mol. The van der Waals surface area contributed by atoms with Crippen LogP contribution in [0, 0.1) is 5.82 Å². The number of carbonyl (C=O) groups is 2. The van der Waals surface area contributed by atoms with Gasteiger partial charge in [-0.25, -0.2) is 9.18 Å². The fourth-order valence-electron chi connectivity index (χ4n) is 1.69. The Morgan fingerprint density at radius 2 is 1.96 bits per heavy atom. The Labute approximate surface area is 127 Å². The topological polar surface area (TPSA) is 76.0 Å². The summed E-state index contributed by atoms with van der Waals surface area (Å²) in [5.41, 5.74) is -1.63. The fourth-order valence-corrected chi connectivity index (χ4v) is 1.69. The number of hydrogen-bond acceptors (Lipinski definition) is 3. The Balaban J connectivity index is 2.07. The van der Waals surface area contributed by atoms with Gasteiger partial charge >= 0.3 is 12.2 Å². The van der Waals surface area contributed by atoms with Gasteiger partial charge in [-0.2, -0.15) is 18.3 Å². The molecule has 1 aromatic heterocycles. The Morgan fingerprint density at radius 3 is 2.48 bits per heavy atom. The highest BCUT2D eigenvalue weighted by Gasteiger charge is 2.31. The largest absolute Gasteiger partial charge is 0.416 e. The zero-order valence-corrected chi connectivity index (χ0v) is 11.6. The van der Waals surface area contributed by atoms with Crippen molar-refractivity contribution in [3.8, 4) is 0 Å². The molecule has 2 rings (SSSR count). The van der Waals surface area contributed by atoms with Gasteiger partial charge in [-0.3, -0.25) is 14.8 Å². The Hall–Kier alpha value is -2.91. The first-order valence-electron chi connectivity index (χ1n) is 6.14. The van der Waals surface area contributed by atoms with Gasteiger partial charge in [0, 0.05) is 13.2 Å². The van der Waals surface area contributed by atoms with E-state index < -0.39 is 35.1 Å². The van der Waals surface area contributed by atoms with E-state index in [4.69, 9.17) is 0 Å². The van der Waals surface area contributed by atoms with E-state index in [9.17, 15) is 27.2 Å². The highest BCUT2D eigenvalue weighted by atomic mass is 19.4. The van der Waals surface area contributed by atoms with Crippen molar-refractivity contribution < 1.29 is 27.2 Å². The van der Waals surface area contributed by atoms with E-state index in [0.717, 1.165) is 0 Å². The van der Waals surface area contributed by atoms with Crippen molar-refractivity contribution in [1.29, 1.82) is 0 Å². The van der Waals surface area contributed by atoms with Crippen LogP contribution in [0.3, 0.4) is 0 Å². The molecular formula is C13H10F4N4O2. The molecule has 10 heteroatoms. The van der Waals surface area contributed by atoms with E-state index in [-0.39, 0.29) is 11.8 Å². The summed E-state index contributed by atoms with van der Waals surface area (Å²) in [7, 11) is 1.60. The van der Waals surface area contributed by atoms with Gasteiger partial charge in [0.2, 0.25) is 0 Å². The maximum Gasteiger partial charge on any atom is 0.416 e. The highest BCUT2D eigenvalue weighted by Crippen LogP contribution is 2.30. The first-order chi connectivity index (χ1) is 10.7. The van der Waals surface area contributed by atoms with E-state index in [2.05, 4.69) is 10.4 Å². The van der Waals surface area contributed by atoms with Crippen LogP contribution in [0.25, 0.3) is 0 Å². The average molecular weight is 330 g/mol. The van der Waals surface area contributed by atoms with Crippen LogP contribution in [0.4, 0.5) is 28.0 Å². The van der Waals surface area contributed by atoms with E-state index in [1.165, 1.54) is 17.1 Å². The summed E-state index contributed by atoms with van der Waals surface area (Å²) in [6.07, 6.45) is -1.97. The SMILES string of the molecule is Cn1cc(NC(=O)NC(=O)c2ccc(C(F)(F)F)cc2F)cn1. The number of rotatable bonds is 2. The number of nitrogens with zero attached hydrogens (tertiary/aromatic N) is 2. The Bertz CT molecular complexity index is 755. The molecule has 6 nitrogen and oxygen atoms in total. The zero-order chi connectivity index (χ0) is 17.2. The van der Waals surface area contributed by atoms with Crippen molar-refractivity contribution in [2.24, 2.45) is 7.05 Å². The van der Waals surface area contributed by atoms with Crippen LogP contribution >= 0.6 is 0 Å². The standard InChI is InChI=1S/C13H10F4N4O2/c1-21-6-8(5-18-21)19-12(23)20-11(22)9-3-2-7(4-10(9)14)13(15,16)17/h2-6H,1H3,(H2,19,20,22,23). The van der Waals surface area contributed by atoms with Gasteiger partial charge in [0.05, 0.1) is 23.0 Å². The second kappa shape index (κ2) is 6.07. The van der Waals surface area contributed by atoms with Crippen LogP contribution in [0.15, 0.2) is 30.6 Å². The Kier molecular flexibility index (Phi) is 4.34. The van der Waals surface area contributed by atoms with Gasteiger partial charge in [0.15, 0.2) is 0 Å². The summed E-state index contributed by atoms with van der Waals surface area (Å²) >= 11 is 0. The lowest BCUT2D eigenvalue weighted by Gasteiger charge is -2.09. The first-order valence-corrected chi connectivity index (χ1v) is 6.14. The van der Waals surface area contributed by atoms with E-state index in [0.29, 0.717) is 12.1 Å². The number of imide groups is 1. The normalized spacial score (nSPS) is 11.2. The number of aryl methyl sites for hydroxylation is 1. The van der Waals surface area contributed by atoms with Gasteiger partial charge in [0.25, 0.3) is 5.91 Å². The quantitative estimate of drug-likeness (QED) is 0.831. The van der Waals surface area contributed by atoms with Gasteiger partial charge in [-0.15, -0.1) is 0 Å². The minimum Gasteiger partial charge on any atom is -0.305 e. The number of amides is 3. The van der Waals surface area contributed by atoms with Crippen LogP contribution in [0.5, 0.6) is 0 Å². The summed E-state index contributed by atoms with van der Waals surface area (Å²) in [5.74, 6) is -2.55. The lowest BCUT2D eigenvalue weighted by molar-refractivity contribution is -0.137. The number of hydrogen-bond donors (Lipinski definition) is 2. The molecule has 2 aromatic rings. The number of urea groups is 1. The molecule has 0 fully saturated rings. The number of carbonyl (C=O) groups excluding carboxylic acids is 2. The minimum absolute atomic E-state index is 0.188. The molecule has 0 spiro atoms. The molecule has 1 aromatic carbocycles. The monoisotopic (exact) mass is 330 g/mol. The maximum absolute atomic E-state index is 13.6. The summed E-state index contributed by atoms with van der Waals surface area (Å²) in [6, 6.07) is 0.429. The number of halogens is 4. The zero-order valence-electron chi connectivity index (χ0n) is 11.6. The molecule has 122 valence electrons. The highest BCUT2D eigenvalue weighted by molar-refractivity contribution is 6.08. The van der Waals surface area contributed by atoms with Crippen LogP contribution < -0.4 is 10.6 Å². The Morgan fingerprint density at radius 1 is 1.26 bits per heavy atom. The van der Waals surface area contributed by atoms with Crippen molar-refractivity contribution in [3.05, 3.63) is 47.5 Å². The molecule has 0 aliphatic carbocycles. The molecule has 0 aliphatic rings. The third kappa shape index (κ3) is 4.05. The van der Waals surface area contributed by atoms with Crippen molar-refractivity contribution in [3.63, 3.8) is 0 Å². The molecule has 0 atom stereocenters. The molecule has 23 heavy (non-hydrogen) atoms. The van der Waals surface area contributed by atoms with Gasteiger partial charge in [-0.05, 0) is 18.2 Å². The summed E-state index contributed by atoms with van der Waals surface area (Å²) < 4.78 is 52.2. The summed E-state index contributed by atoms with van der Waals surface area (Å²) in [5, 5.41) is 7.84. The molecule has 0 aliphatic heterocycles. The predicted octanol–water partition coefficient (Wildman–Crippen LogP) is 2.54. The van der Waals surface area contributed by atoms with Crippen molar-refractivity contribution in [2.75, 3.05) is 5.32 Å². The smallest absolute Gasteiger partial charge is 0.305 e. The molecule has 0 bridgehead atoms. The van der Waals surface area contributed by atoms with E-state index >= 15 is 0 Å². The number of anilines is 1. The van der Waals surface area contributed by atoms with Crippen molar-refractivity contribution in [2.45, 2.75) is 6.18 Å². The molecule has 2 N–H and O–H groups in total. The maximum atomic E-state index is 13.6. The first kappa shape index (κ1) is 16.5. The molecule has 1 heterocycles. The summed E-state index contributed by atoms with van der Waals surface area (Å²) in [6.45, 7) is 0. The third-order valence-corrected chi connectivity index (χ3v) is 2.73. The third-order valence-electron chi connectivity index (χ3n) is 2.73. The molecule has 0 unspecified atom stereocenters. The molecule has 0 saturated carbocycles. The van der Waals surface area contributed by atoms with Crippen LogP contribution in [-0.4, -0.2) is 21.7 Å². The van der Waals surface area contributed by atoms with Gasteiger partial charge in [-0.1, -0.05) is 0 Å². The molecular weight excluding hydrogens is 320 g/mol. The minimum atomic E-state index is -4.73. The lowest BCUT2D eigenvalue weighted by Crippen LogP contribution is -2.34. The van der Waals surface area contributed by atoms with Gasteiger partial charge < -0.3 is 5.32 Å². The van der Waals surface area contributed by atoms with E-state index in [1.807, 2.05) is 0 Å². The number of nitrogens with one attached hydrogen (secondary N) is 2. The fraction of sp³-hybridized carbons (Fsp3) is 0.154. The number of benzene rings is 1. The van der Waals surface area contributed by atoms with E-state index in [1.54, 1.807) is 12.4 Å². The van der Waals surface area contributed by atoms with Crippen LogP contribution in [0.2, 0.25) is 0 Å². The van der Waals surface area contributed by atoms with Crippen molar-refractivity contribution in [1.82, 2.24) is 15.1 Å². The van der Waals surface area contributed by atoms with Crippen LogP contribution in [0.1, 0.15) is 15.9 Å². The molecule has 0 saturated heterocycles. The van der Waals surface area contributed by atoms with Crippen molar-refractivity contribution >= 4 is 17.6 Å². The molecule has 3 amide bonds. The molecule has 0 radical (unpaired) electrons.